The number of halogens is 1. The molecular weight excluding hydrogens is 752 g/mol. The molecule has 3 N–H and O–H groups in total. The van der Waals surface area contributed by atoms with E-state index in [1.54, 1.807) is 32.9 Å². The highest BCUT2D eigenvalue weighted by Gasteiger charge is 2.61. The molecule has 18 heteroatoms. The van der Waals surface area contributed by atoms with Gasteiger partial charge in [-0.1, -0.05) is 24.3 Å². The van der Waals surface area contributed by atoms with Gasteiger partial charge in [0, 0.05) is 44.1 Å². The molecule has 306 valence electrons. The Hall–Kier alpha value is -4.84. The van der Waals surface area contributed by atoms with Gasteiger partial charge in [-0.15, -0.1) is 6.58 Å². The van der Waals surface area contributed by atoms with Gasteiger partial charge >= 0.3 is 12.2 Å². The third-order valence-electron chi connectivity index (χ3n) is 10.1. The van der Waals surface area contributed by atoms with E-state index in [1.807, 2.05) is 19.0 Å². The molecule has 16 nitrogen and oxygen atoms in total. The molecule has 2 saturated carbocycles. The van der Waals surface area contributed by atoms with Gasteiger partial charge in [-0.05, 0) is 71.7 Å². The summed E-state index contributed by atoms with van der Waals surface area (Å²) in [5, 5.41) is 4.39. The Morgan fingerprint density at radius 1 is 1.12 bits per heavy atom. The molecule has 2 heterocycles. The molecule has 4 aliphatic rings. The van der Waals surface area contributed by atoms with Crippen LogP contribution in [-0.4, -0.2) is 122 Å². The quantitative estimate of drug-likeness (QED) is 0.173. The van der Waals surface area contributed by atoms with Crippen LogP contribution in [0.5, 0.6) is 0 Å². The first-order valence-corrected chi connectivity index (χ1v) is 20.1. The monoisotopic (exact) mass is 802 g/mol. The summed E-state index contributed by atoms with van der Waals surface area (Å²) in [7, 11) is -0.313. The molecule has 1 aromatic carbocycles. The van der Waals surface area contributed by atoms with Crippen LogP contribution in [0.15, 0.2) is 43.0 Å². The van der Waals surface area contributed by atoms with Gasteiger partial charge < -0.3 is 29.9 Å². The van der Waals surface area contributed by atoms with Crippen LogP contribution in [0, 0.1) is 17.2 Å². The molecule has 1 unspecified atom stereocenters. The first-order chi connectivity index (χ1) is 26.2. The van der Waals surface area contributed by atoms with Crippen LogP contribution in [0.1, 0.15) is 64.0 Å². The van der Waals surface area contributed by atoms with Crippen LogP contribution in [0.4, 0.5) is 14.0 Å². The number of nitrogens with one attached hydrogen (secondary N) is 3. The molecule has 2 aliphatic carbocycles. The minimum Gasteiger partial charge on any atom is -0.444 e. The van der Waals surface area contributed by atoms with Gasteiger partial charge in [0.2, 0.25) is 27.7 Å². The first kappa shape index (κ1) is 42.3. The summed E-state index contributed by atoms with van der Waals surface area (Å²) in [6.45, 7) is 8.40. The van der Waals surface area contributed by atoms with Gasteiger partial charge in [-0.25, -0.2) is 22.4 Å². The summed E-state index contributed by atoms with van der Waals surface area (Å²) in [5.74, 6) is -3.80. The number of likely N-dealkylation sites (N-methyl/N-ethyl adjacent to an activating group) is 1. The van der Waals surface area contributed by atoms with Crippen molar-refractivity contribution in [1.82, 2.24) is 30.1 Å². The number of alkyl carbamates (subject to hydrolysis) is 1. The van der Waals surface area contributed by atoms with E-state index in [2.05, 4.69) is 21.9 Å². The number of ether oxygens (including phenoxy) is 2. The second-order valence-electron chi connectivity index (χ2n) is 16.1. The highest BCUT2D eigenvalue weighted by Crippen LogP contribution is 2.57. The average Bonchev–Trinajstić information content (AvgIpc) is 3.99. The lowest BCUT2D eigenvalue weighted by molar-refractivity contribution is -0.140. The highest BCUT2D eigenvalue weighted by molar-refractivity contribution is 7.90. The minimum absolute atomic E-state index is 0.0481. The van der Waals surface area contributed by atoms with E-state index in [0.29, 0.717) is 30.5 Å². The van der Waals surface area contributed by atoms with Crippen LogP contribution in [0.3, 0.4) is 0 Å². The predicted molar refractivity (Wildman–Crippen MR) is 200 cm³/mol. The Bertz CT molecular complexity index is 1890. The SMILES string of the molecule is C=C[C@@H]1C[C@]1(CC(=O)[C@@H]1CC(OC(=O)N2Cc3cccc(F)c3C2)CN1C(=O)[C@H](CNC(=O)/C=C/CN(C)C)NC(=O)OC(C)(C)C)C(=O)NS(=O)(=O)C1CC1. The number of rotatable bonds is 15. The van der Waals surface area contributed by atoms with Crippen molar-refractivity contribution in [3.63, 3.8) is 0 Å². The van der Waals surface area contributed by atoms with Crippen molar-refractivity contribution in [3.05, 3.63) is 60.0 Å². The van der Waals surface area contributed by atoms with Crippen LogP contribution in [0.25, 0.3) is 0 Å². The smallest absolute Gasteiger partial charge is 0.410 e. The zero-order valence-corrected chi connectivity index (χ0v) is 33.2. The number of hydrogen-bond donors (Lipinski definition) is 3. The zero-order valence-electron chi connectivity index (χ0n) is 32.3. The molecular formula is C38H51FN6O10S. The Balaban J connectivity index is 1.38. The fraction of sp³-hybridized carbons (Fsp3) is 0.579. The Morgan fingerprint density at radius 3 is 2.45 bits per heavy atom. The lowest BCUT2D eigenvalue weighted by Crippen LogP contribution is -2.56. The minimum atomic E-state index is -3.94. The van der Waals surface area contributed by atoms with E-state index >= 15 is 0 Å². The molecule has 5 amide bonds. The lowest BCUT2D eigenvalue weighted by atomic mass is 9.91. The summed E-state index contributed by atoms with van der Waals surface area (Å²) >= 11 is 0. The molecule has 3 fully saturated rings. The lowest BCUT2D eigenvalue weighted by Gasteiger charge is -2.30. The van der Waals surface area contributed by atoms with Crippen molar-refractivity contribution in [1.29, 1.82) is 0 Å². The number of ketones is 1. The van der Waals surface area contributed by atoms with Gasteiger partial charge in [0.15, 0.2) is 5.78 Å². The van der Waals surface area contributed by atoms with Crippen molar-refractivity contribution in [2.24, 2.45) is 11.3 Å². The van der Waals surface area contributed by atoms with E-state index < -0.39 is 105 Å². The molecule has 2 aliphatic heterocycles. The standard InChI is InChI=1S/C38H51FN6O10S/c1-7-24-17-38(24,34(49)42-56(52,53)26-13-14-26)18-31(46)30-16-25(54-36(51)44-20-23-10-8-11-28(39)27(23)22-44)21-45(30)33(48)29(41-35(50)55-37(2,3)4)19-40-32(47)12-9-15-43(5)6/h7-12,24-26,29-30H,1,13-22H2,2-6H3,(H,40,47)(H,41,50)(H,42,49)/b12-9+/t24-,25?,29+,30+,38-/m1/s1. The Labute approximate surface area is 326 Å². The van der Waals surface area contributed by atoms with Gasteiger partial charge in [-0.2, -0.15) is 0 Å². The maximum absolute atomic E-state index is 14.5. The largest absolute Gasteiger partial charge is 0.444 e. The predicted octanol–water partition coefficient (Wildman–Crippen LogP) is 2.13. The van der Waals surface area contributed by atoms with Crippen LogP contribution < -0.4 is 15.4 Å². The topological polar surface area (TPSA) is 201 Å². The summed E-state index contributed by atoms with van der Waals surface area (Å²) < 4.78 is 53.2. The second-order valence-corrected chi connectivity index (χ2v) is 18.1. The third-order valence-corrected chi connectivity index (χ3v) is 12.0. The molecule has 1 aromatic rings. The zero-order chi connectivity index (χ0) is 41.2. The molecule has 5 rings (SSSR count). The second kappa shape index (κ2) is 16.7. The number of likely N-dealkylation sites (tertiary alicyclic amines) is 1. The van der Waals surface area contributed by atoms with E-state index in [1.165, 1.54) is 29.2 Å². The fourth-order valence-corrected chi connectivity index (χ4v) is 8.33. The molecule has 0 aromatic heterocycles. The number of carbonyl (C=O) groups excluding carboxylic acids is 6. The number of carbonyl (C=O) groups is 6. The van der Waals surface area contributed by atoms with Crippen molar-refractivity contribution in [3.8, 4) is 0 Å². The van der Waals surface area contributed by atoms with Gasteiger partial charge in [0.1, 0.15) is 23.6 Å². The first-order valence-electron chi connectivity index (χ1n) is 18.5. The number of nitrogens with zero attached hydrogens (tertiary/aromatic N) is 3. The number of sulfonamides is 1. The third kappa shape index (κ3) is 10.3. The maximum Gasteiger partial charge on any atom is 0.410 e. The Kier molecular flexibility index (Phi) is 12.6. The highest BCUT2D eigenvalue weighted by atomic mass is 32.2. The Morgan fingerprint density at radius 2 is 1.84 bits per heavy atom. The molecule has 0 bridgehead atoms. The summed E-state index contributed by atoms with van der Waals surface area (Å²) in [4.78, 5) is 85.5. The van der Waals surface area contributed by atoms with E-state index in [0.717, 1.165) is 4.90 Å². The van der Waals surface area contributed by atoms with Crippen LogP contribution >= 0.6 is 0 Å². The molecule has 0 radical (unpaired) electrons. The number of benzene rings is 1. The summed E-state index contributed by atoms with van der Waals surface area (Å²) in [6, 6.07) is 1.78. The summed E-state index contributed by atoms with van der Waals surface area (Å²) in [5.41, 5.74) is -1.42. The van der Waals surface area contributed by atoms with Crippen molar-refractivity contribution in [2.75, 3.05) is 33.7 Å². The van der Waals surface area contributed by atoms with Crippen molar-refractivity contribution >= 4 is 45.7 Å². The number of Topliss-reactive ketones (excluding diaryl/α,β-unsaturated/α-hetero) is 1. The molecule has 0 spiro atoms. The number of fused-ring (bicyclic) bond motifs is 1. The van der Waals surface area contributed by atoms with E-state index in [9.17, 15) is 41.6 Å². The average molecular weight is 803 g/mol. The van der Waals surface area contributed by atoms with Crippen LogP contribution in [-0.2, 0) is 51.8 Å². The van der Waals surface area contributed by atoms with E-state index in [-0.39, 0.29) is 32.5 Å². The number of allylic oxidation sites excluding steroid dienone is 1. The molecule has 56 heavy (non-hydrogen) atoms. The molecule has 1 saturated heterocycles. The normalized spacial score (nSPS) is 23.7. The number of amides is 5. The van der Waals surface area contributed by atoms with Crippen LogP contribution in [0.2, 0.25) is 0 Å². The van der Waals surface area contributed by atoms with E-state index in [4.69, 9.17) is 9.47 Å². The van der Waals surface area contributed by atoms with Gasteiger partial charge in [0.25, 0.3) is 0 Å². The maximum atomic E-state index is 14.5. The summed E-state index contributed by atoms with van der Waals surface area (Å²) in [6.07, 6.45) is 1.87. The molecule has 5 atom stereocenters. The van der Waals surface area contributed by atoms with Gasteiger partial charge in [0.05, 0.1) is 29.8 Å². The van der Waals surface area contributed by atoms with Gasteiger partial charge in [-0.3, -0.25) is 28.8 Å². The van der Waals surface area contributed by atoms with Crippen molar-refractivity contribution < 1.29 is 51.0 Å². The van der Waals surface area contributed by atoms with Crippen molar-refractivity contribution in [2.45, 2.75) is 95.0 Å². The number of hydrogen-bond acceptors (Lipinski definition) is 11. The fourth-order valence-electron chi connectivity index (χ4n) is 6.95.